The van der Waals surface area contributed by atoms with E-state index in [0.717, 1.165) is 36.5 Å². The molecule has 6 nitrogen and oxygen atoms in total. The summed E-state index contributed by atoms with van der Waals surface area (Å²) in [6, 6.07) is 1.92. The number of rotatable bonds is 2. The molecule has 1 atom stereocenters. The number of hydrogen-bond donors (Lipinski definition) is 3. The van der Waals surface area contributed by atoms with Gasteiger partial charge >= 0.3 is 0 Å². The van der Waals surface area contributed by atoms with Gasteiger partial charge < -0.3 is 20.9 Å². The van der Waals surface area contributed by atoms with Gasteiger partial charge in [-0.2, -0.15) is 0 Å². The molecule has 0 saturated carbocycles. The Morgan fingerprint density at radius 2 is 2.26 bits per heavy atom. The van der Waals surface area contributed by atoms with Crippen LogP contribution < -0.4 is 10.6 Å². The number of nitrogens with two attached hydrogens (primary N) is 1. The number of pyridine rings is 1. The molecule has 0 aliphatic carbocycles. The second kappa shape index (κ2) is 5.44. The summed E-state index contributed by atoms with van der Waals surface area (Å²) in [5.74, 6) is 0.0556. The third-order valence-corrected chi connectivity index (χ3v) is 3.41. The third-order valence-electron chi connectivity index (χ3n) is 3.41. The van der Waals surface area contributed by atoms with Crippen LogP contribution in [0.15, 0.2) is 11.2 Å². The van der Waals surface area contributed by atoms with Crippen molar-refractivity contribution >= 4 is 11.5 Å². The van der Waals surface area contributed by atoms with E-state index in [9.17, 15) is 5.11 Å². The molecule has 19 heavy (non-hydrogen) atoms. The summed E-state index contributed by atoms with van der Waals surface area (Å²) in [5, 5.41) is 21.8. The Bertz CT molecular complexity index is 502. The third kappa shape index (κ3) is 2.78. The van der Waals surface area contributed by atoms with Gasteiger partial charge in [-0.25, -0.2) is 0 Å². The van der Waals surface area contributed by atoms with Crippen molar-refractivity contribution in [2.24, 2.45) is 10.9 Å². The quantitative estimate of drug-likeness (QED) is 0.317. The second-order valence-corrected chi connectivity index (χ2v) is 4.97. The number of oxime groups is 1. The number of piperidine rings is 1. The van der Waals surface area contributed by atoms with Gasteiger partial charge in [-0.3, -0.25) is 4.98 Å². The number of aromatic nitrogens is 1. The summed E-state index contributed by atoms with van der Waals surface area (Å²) in [5.41, 5.74) is 8.88. The normalized spacial score (nSPS) is 20.7. The second-order valence-electron chi connectivity index (χ2n) is 4.97. The molecule has 0 spiro atoms. The molecule has 1 aliphatic heterocycles. The number of β-amino-alcohol motifs (C(OH)–C–C–N with tert-alkyl or cyclic N) is 1. The topological polar surface area (TPSA) is 95.0 Å². The maximum absolute atomic E-state index is 9.80. The maximum atomic E-state index is 9.80. The van der Waals surface area contributed by atoms with Crippen LogP contribution in [0, 0.1) is 13.8 Å². The van der Waals surface area contributed by atoms with Crippen LogP contribution in [-0.2, 0) is 0 Å². The van der Waals surface area contributed by atoms with Crippen LogP contribution in [0.25, 0.3) is 0 Å². The summed E-state index contributed by atoms with van der Waals surface area (Å²) in [6.07, 6.45) is 1.41. The average molecular weight is 264 g/mol. The number of aliphatic hydroxyl groups is 1. The lowest BCUT2D eigenvalue weighted by Crippen LogP contribution is -2.39. The highest BCUT2D eigenvalue weighted by atomic mass is 16.4. The lowest BCUT2D eigenvalue weighted by molar-refractivity contribution is 0.154. The zero-order chi connectivity index (χ0) is 14.0. The molecule has 4 N–H and O–H groups in total. The molecule has 2 rings (SSSR count). The minimum absolute atomic E-state index is 0.0556. The fraction of sp³-hybridized carbons (Fsp3) is 0.538. The smallest absolute Gasteiger partial charge is 0.174 e. The molecular weight excluding hydrogens is 244 g/mol. The van der Waals surface area contributed by atoms with E-state index >= 15 is 0 Å². The number of hydrogen-bond acceptors (Lipinski definition) is 5. The summed E-state index contributed by atoms with van der Waals surface area (Å²) in [6.45, 7) is 5.16. The van der Waals surface area contributed by atoms with E-state index in [1.807, 2.05) is 19.9 Å². The predicted octanol–water partition coefficient (Wildman–Crippen LogP) is 0.754. The average Bonchev–Trinajstić information content (AvgIpc) is 2.37. The van der Waals surface area contributed by atoms with Gasteiger partial charge in [-0.15, -0.1) is 0 Å². The van der Waals surface area contributed by atoms with Crippen LogP contribution >= 0.6 is 0 Å². The molecule has 6 heteroatoms. The van der Waals surface area contributed by atoms with Crippen molar-refractivity contribution in [1.82, 2.24) is 4.98 Å². The Labute approximate surface area is 112 Å². The van der Waals surface area contributed by atoms with Crippen molar-refractivity contribution in [3.05, 3.63) is 23.0 Å². The van der Waals surface area contributed by atoms with Gasteiger partial charge in [-0.05, 0) is 32.8 Å². The minimum atomic E-state index is -0.331. The highest BCUT2D eigenvalue weighted by Crippen LogP contribution is 2.26. The molecule has 1 unspecified atom stereocenters. The first-order chi connectivity index (χ1) is 9.02. The molecule has 1 saturated heterocycles. The van der Waals surface area contributed by atoms with Gasteiger partial charge in [0.15, 0.2) is 5.84 Å². The van der Waals surface area contributed by atoms with Crippen LogP contribution in [0.2, 0.25) is 0 Å². The van der Waals surface area contributed by atoms with E-state index in [1.165, 1.54) is 0 Å². The van der Waals surface area contributed by atoms with Crippen LogP contribution in [0.4, 0.5) is 5.69 Å². The van der Waals surface area contributed by atoms with Crippen molar-refractivity contribution < 1.29 is 10.3 Å². The molecule has 104 valence electrons. The monoisotopic (exact) mass is 264 g/mol. The zero-order valence-corrected chi connectivity index (χ0v) is 11.3. The molecule has 0 bridgehead atoms. The zero-order valence-electron chi connectivity index (χ0n) is 11.3. The Hall–Kier alpha value is -1.82. The van der Waals surface area contributed by atoms with Gasteiger partial charge in [0.1, 0.15) is 0 Å². The molecule has 1 aromatic rings. The number of amidine groups is 1. The first kappa shape index (κ1) is 13.6. The highest BCUT2D eigenvalue weighted by molar-refractivity contribution is 6.03. The molecule has 0 radical (unpaired) electrons. The molecule has 1 fully saturated rings. The van der Waals surface area contributed by atoms with Crippen LogP contribution in [0.1, 0.15) is 29.8 Å². The van der Waals surface area contributed by atoms with Gasteiger partial charge in [0, 0.05) is 18.8 Å². The number of aliphatic hydroxyl groups excluding tert-OH is 1. The fourth-order valence-corrected chi connectivity index (χ4v) is 2.60. The van der Waals surface area contributed by atoms with E-state index < -0.39 is 0 Å². The molecule has 0 amide bonds. The predicted molar refractivity (Wildman–Crippen MR) is 73.7 cm³/mol. The Morgan fingerprint density at radius 3 is 2.89 bits per heavy atom. The molecule has 1 aromatic heterocycles. The largest absolute Gasteiger partial charge is 0.409 e. The summed E-state index contributed by atoms with van der Waals surface area (Å²) in [7, 11) is 0. The first-order valence-electron chi connectivity index (χ1n) is 6.42. The van der Waals surface area contributed by atoms with Crippen molar-refractivity contribution in [3.63, 3.8) is 0 Å². The summed E-state index contributed by atoms with van der Waals surface area (Å²) >= 11 is 0. The number of nitrogens with zero attached hydrogens (tertiary/aromatic N) is 3. The molecule has 0 aromatic carbocycles. The van der Waals surface area contributed by atoms with E-state index in [2.05, 4.69) is 15.0 Å². The lowest BCUT2D eigenvalue weighted by atomic mass is 10.0. The van der Waals surface area contributed by atoms with Crippen molar-refractivity contribution in [2.45, 2.75) is 32.8 Å². The van der Waals surface area contributed by atoms with Crippen LogP contribution in [-0.4, -0.2) is 40.3 Å². The van der Waals surface area contributed by atoms with Gasteiger partial charge in [0.05, 0.1) is 23.0 Å². The maximum Gasteiger partial charge on any atom is 0.174 e. The molecular formula is C13H20N4O2. The summed E-state index contributed by atoms with van der Waals surface area (Å²) < 4.78 is 0. The SMILES string of the molecule is Cc1cc(N2CCCC(O)C2)c(/C(N)=N/O)c(C)n1. The van der Waals surface area contributed by atoms with E-state index in [1.54, 1.807) is 0 Å². The van der Waals surface area contributed by atoms with Crippen LogP contribution in [0.3, 0.4) is 0 Å². The number of aryl methyl sites for hydroxylation is 2. The molecule has 2 heterocycles. The Morgan fingerprint density at radius 1 is 1.53 bits per heavy atom. The Balaban J connectivity index is 2.48. The van der Waals surface area contributed by atoms with Gasteiger partial charge in [-0.1, -0.05) is 5.16 Å². The van der Waals surface area contributed by atoms with Crippen molar-refractivity contribution in [3.8, 4) is 0 Å². The first-order valence-corrected chi connectivity index (χ1v) is 6.42. The Kier molecular flexibility index (Phi) is 3.90. The highest BCUT2D eigenvalue weighted by Gasteiger charge is 2.23. The molecule has 1 aliphatic rings. The number of anilines is 1. The van der Waals surface area contributed by atoms with Crippen LogP contribution in [0.5, 0.6) is 0 Å². The summed E-state index contributed by atoms with van der Waals surface area (Å²) in [4.78, 5) is 6.43. The van der Waals surface area contributed by atoms with E-state index in [4.69, 9.17) is 10.9 Å². The fourth-order valence-electron chi connectivity index (χ4n) is 2.60. The van der Waals surface area contributed by atoms with Gasteiger partial charge in [0.25, 0.3) is 0 Å². The standard InChI is InChI=1S/C13H20N4O2/c1-8-6-11(17-5-3-4-10(18)7-17)12(9(2)15-8)13(14)16-19/h6,10,18-19H,3-5,7H2,1-2H3,(H2,14,16). The van der Waals surface area contributed by atoms with Crippen molar-refractivity contribution in [2.75, 3.05) is 18.0 Å². The van der Waals surface area contributed by atoms with E-state index in [-0.39, 0.29) is 11.9 Å². The van der Waals surface area contributed by atoms with Crippen molar-refractivity contribution in [1.29, 1.82) is 0 Å². The van der Waals surface area contributed by atoms with Gasteiger partial charge in [0.2, 0.25) is 0 Å². The van der Waals surface area contributed by atoms with E-state index in [0.29, 0.717) is 12.1 Å². The lowest BCUT2D eigenvalue weighted by Gasteiger charge is -2.33. The minimum Gasteiger partial charge on any atom is -0.409 e.